The van der Waals surface area contributed by atoms with Gasteiger partial charge in [0.05, 0.1) is 5.92 Å². The third-order valence-electron chi connectivity index (χ3n) is 3.73. The molecular formula is C18H16O2S. The molecule has 0 unspecified atom stereocenters. The molecule has 1 aliphatic heterocycles. The molecule has 3 heteroatoms. The summed E-state index contributed by atoms with van der Waals surface area (Å²) in [6.07, 6.45) is 4.18. The average Bonchev–Trinajstić information content (AvgIpc) is 2.64. The van der Waals surface area contributed by atoms with Crippen LogP contribution < -0.4 is 0 Å². The van der Waals surface area contributed by atoms with Crippen LogP contribution in [0.25, 0.3) is 12.2 Å². The van der Waals surface area contributed by atoms with Crippen LogP contribution in [0.5, 0.6) is 0 Å². The fourth-order valence-electron chi connectivity index (χ4n) is 2.39. The first-order chi connectivity index (χ1) is 10.0. The maximum absolute atomic E-state index is 11.1. The van der Waals surface area contributed by atoms with Crippen molar-refractivity contribution in [1.82, 2.24) is 0 Å². The van der Waals surface area contributed by atoms with Crippen LogP contribution in [0.3, 0.4) is 0 Å². The van der Waals surface area contributed by atoms with Gasteiger partial charge in [0.25, 0.3) is 0 Å². The van der Waals surface area contributed by atoms with Crippen LogP contribution in [0.2, 0.25) is 0 Å². The summed E-state index contributed by atoms with van der Waals surface area (Å²) < 4.78 is 0. The number of aliphatic carboxylic acids is 1. The molecule has 0 saturated heterocycles. The molecule has 2 nitrogen and oxygen atoms in total. The van der Waals surface area contributed by atoms with E-state index in [1.807, 2.05) is 18.2 Å². The zero-order valence-electron chi connectivity index (χ0n) is 12.0. The molecule has 0 radical (unpaired) electrons. The molecule has 1 aliphatic rings. The lowest BCUT2D eigenvalue weighted by Gasteiger charge is -2.10. The van der Waals surface area contributed by atoms with Gasteiger partial charge in [-0.3, -0.25) is 4.79 Å². The Labute approximate surface area is 128 Å². The second kappa shape index (κ2) is 5.41. The predicted octanol–water partition coefficient (Wildman–Crippen LogP) is 4.82. The zero-order chi connectivity index (χ0) is 15.0. The molecule has 106 valence electrons. The normalized spacial score (nSPS) is 14.0. The monoisotopic (exact) mass is 296 g/mol. The standard InChI is InChI=1S/C18H16O2S/c1-11-3-7-16-14(9-11)4-5-15-10-13(12(2)18(19)20)6-8-17(15)21-16/h3-10,12H,1-2H3,(H,19,20)/t12-/m1/s1. The van der Waals surface area contributed by atoms with Crippen LogP contribution in [-0.2, 0) is 4.79 Å². The molecule has 0 spiro atoms. The highest BCUT2D eigenvalue weighted by Gasteiger charge is 2.16. The summed E-state index contributed by atoms with van der Waals surface area (Å²) in [5, 5.41) is 9.14. The number of aryl methyl sites for hydroxylation is 1. The number of benzene rings is 2. The molecule has 0 saturated carbocycles. The highest BCUT2D eigenvalue weighted by molar-refractivity contribution is 7.99. The van der Waals surface area contributed by atoms with E-state index in [1.165, 1.54) is 16.0 Å². The maximum atomic E-state index is 11.1. The summed E-state index contributed by atoms with van der Waals surface area (Å²) in [5.41, 5.74) is 4.38. The largest absolute Gasteiger partial charge is 0.481 e. The maximum Gasteiger partial charge on any atom is 0.310 e. The van der Waals surface area contributed by atoms with Crippen LogP contribution >= 0.6 is 11.8 Å². The Hall–Kier alpha value is -2.00. The zero-order valence-corrected chi connectivity index (χ0v) is 12.8. The smallest absolute Gasteiger partial charge is 0.310 e. The molecule has 0 aromatic heterocycles. The van der Waals surface area contributed by atoms with Crippen LogP contribution in [-0.4, -0.2) is 11.1 Å². The molecule has 1 N–H and O–H groups in total. The molecule has 0 bridgehead atoms. The molecule has 1 heterocycles. The first kappa shape index (κ1) is 14.0. The van der Waals surface area contributed by atoms with Crippen molar-refractivity contribution in [1.29, 1.82) is 0 Å². The van der Waals surface area contributed by atoms with Gasteiger partial charge in [-0.15, -0.1) is 0 Å². The average molecular weight is 296 g/mol. The second-order valence-corrected chi connectivity index (χ2v) is 6.42. The molecular weight excluding hydrogens is 280 g/mol. The van der Waals surface area contributed by atoms with Gasteiger partial charge in [0, 0.05) is 9.79 Å². The van der Waals surface area contributed by atoms with Crippen LogP contribution in [0.1, 0.15) is 35.1 Å². The molecule has 3 rings (SSSR count). The van der Waals surface area contributed by atoms with Gasteiger partial charge in [-0.05, 0) is 48.7 Å². The van der Waals surface area contributed by atoms with Gasteiger partial charge in [-0.25, -0.2) is 0 Å². The lowest BCUT2D eigenvalue weighted by molar-refractivity contribution is -0.138. The summed E-state index contributed by atoms with van der Waals surface area (Å²) in [6.45, 7) is 3.80. The molecule has 21 heavy (non-hydrogen) atoms. The van der Waals surface area contributed by atoms with Gasteiger partial charge >= 0.3 is 5.97 Å². The Balaban J connectivity index is 2.04. The summed E-state index contributed by atoms with van der Waals surface area (Å²) in [4.78, 5) is 13.5. The minimum atomic E-state index is -0.792. The number of rotatable bonds is 2. The Morgan fingerprint density at radius 1 is 1.05 bits per heavy atom. The Morgan fingerprint density at radius 3 is 2.33 bits per heavy atom. The molecule has 2 aromatic carbocycles. The van der Waals surface area contributed by atoms with Crippen molar-refractivity contribution >= 4 is 29.9 Å². The third kappa shape index (κ3) is 2.74. The van der Waals surface area contributed by atoms with E-state index >= 15 is 0 Å². The summed E-state index contributed by atoms with van der Waals surface area (Å²) in [7, 11) is 0. The van der Waals surface area contributed by atoms with Crippen molar-refractivity contribution in [3.05, 3.63) is 58.7 Å². The van der Waals surface area contributed by atoms with Crippen LogP contribution in [0, 0.1) is 6.92 Å². The topological polar surface area (TPSA) is 37.3 Å². The molecule has 1 atom stereocenters. The van der Waals surface area contributed by atoms with Gasteiger partial charge in [0.1, 0.15) is 0 Å². The Morgan fingerprint density at radius 2 is 1.67 bits per heavy atom. The molecule has 0 amide bonds. The van der Waals surface area contributed by atoms with Crippen LogP contribution in [0.15, 0.2) is 46.2 Å². The van der Waals surface area contributed by atoms with Crippen molar-refractivity contribution in [2.45, 2.75) is 29.6 Å². The van der Waals surface area contributed by atoms with Crippen LogP contribution in [0.4, 0.5) is 0 Å². The minimum Gasteiger partial charge on any atom is -0.481 e. The van der Waals surface area contributed by atoms with E-state index in [0.717, 1.165) is 16.0 Å². The molecule has 2 aromatic rings. The van der Waals surface area contributed by atoms with Crippen molar-refractivity contribution in [3.63, 3.8) is 0 Å². The highest BCUT2D eigenvalue weighted by atomic mass is 32.2. The Kier molecular flexibility index (Phi) is 3.60. The van der Waals surface area contributed by atoms with E-state index in [0.29, 0.717) is 0 Å². The van der Waals surface area contributed by atoms with E-state index in [9.17, 15) is 4.79 Å². The number of carbonyl (C=O) groups is 1. The van der Waals surface area contributed by atoms with Crippen molar-refractivity contribution in [2.24, 2.45) is 0 Å². The summed E-state index contributed by atoms with van der Waals surface area (Å²) in [6, 6.07) is 12.3. The number of fused-ring (bicyclic) bond motifs is 2. The van der Waals surface area contributed by atoms with E-state index in [4.69, 9.17) is 5.11 Å². The minimum absolute atomic E-state index is 0.485. The van der Waals surface area contributed by atoms with E-state index in [-0.39, 0.29) is 0 Å². The number of carboxylic acids is 1. The fourth-order valence-corrected chi connectivity index (χ4v) is 3.39. The van der Waals surface area contributed by atoms with Gasteiger partial charge in [0.15, 0.2) is 0 Å². The summed E-state index contributed by atoms with van der Waals surface area (Å²) >= 11 is 1.73. The van der Waals surface area contributed by atoms with Crippen molar-refractivity contribution < 1.29 is 9.90 Å². The Bertz CT molecular complexity index is 747. The first-order valence-electron chi connectivity index (χ1n) is 6.88. The summed E-state index contributed by atoms with van der Waals surface area (Å²) in [5.74, 6) is -1.28. The quantitative estimate of drug-likeness (QED) is 0.736. The van der Waals surface area contributed by atoms with Gasteiger partial charge in [0.2, 0.25) is 0 Å². The first-order valence-corrected chi connectivity index (χ1v) is 7.69. The SMILES string of the molecule is Cc1ccc2c(c1)C=Cc1cc([C@@H](C)C(=O)O)ccc1S2. The predicted molar refractivity (Wildman–Crippen MR) is 86.7 cm³/mol. The number of carboxylic acid groups (broad SMARTS) is 1. The van der Waals surface area contributed by atoms with Gasteiger partial charge < -0.3 is 5.11 Å². The molecule has 0 fully saturated rings. The fraction of sp³-hybridized carbons (Fsp3) is 0.167. The number of hydrogen-bond acceptors (Lipinski definition) is 2. The number of hydrogen-bond donors (Lipinski definition) is 1. The van der Waals surface area contributed by atoms with E-state index in [1.54, 1.807) is 18.7 Å². The second-order valence-electron chi connectivity index (χ2n) is 5.33. The lowest BCUT2D eigenvalue weighted by atomic mass is 9.99. The van der Waals surface area contributed by atoms with E-state index < -0.39 is 11.9 Å². The lowest BCUT2D eigenvalue weighted by Crippen LogP contribution is -2.07. The van der Waals surface area contributed by atoms with Crippen molar-refractivity contribution in [2.75, 3.05) is 0 Å². The van der Waals surface area contributed by atoms with Gasteiger partial charge in [-0.2, -0.15) is 0 Å². The highest BCUT2D eigenvalue weighted by Crippen LogP contribution is 2.38. The van der Waals surface area contributed by atoms with Crippen molar-refractivity contribution in [3.8, 4) is 0 Å². The molecule has 0 aliphatic carbocycles. The van der Waals surface area contributed by atoms with E-state index in [2.05, 4.69) is 37.3 Å². The third-order valence-corrected chi connectivity index (χ3v) is 4.92. The van der Waals surface area contributed by atoms with Gasteiger partial charge in [-0.1, -0.05) is 47.7 Å².